The summed E-state index contributed by atoms with van der Waals surface area (Å²) in [6, 6.07) is 21.1. The number of ether oxygens (including phenoxy) is 3. The number of aromatic nitrogens is 1. The van der Waals surface area contributed by atoms with Gasteiger partial charge in [0.05, 0.1) is 38.0 Å². The van der Waals surface area contributed by atoms with Crippen LogP contribution in [0.15, 0.2) is 72.9 Å². The second kappa shape index (κ2) is 12.5. The largest absolute Gasteiger partial charge is 0.496 e. The second-order valence-corrected chi connectivity index (χ2v) is 9.20. The van der Waals surface area contributed by atoms with Gasteiger partial charge in [0.2, 0.25) is 0 Å². The Morgan fingerprint density at radius 2 is 1.65 bits per heavy atom. The van der Waals surface area contributed by atoms with E-state index in [0.29, 0.717) is 18.5 Å². The summed E-state index contributed by atoms with van der Waals surface area (Å²) in [5.74, 6) is 1.17. The molecule has 194 valence electrons. The lowest BCUT2D eigenvalue weighted by atomic mass is 10.0. The number of unbranched alkanes of at least 4 members (excludes halogenated alkanes) is 1. The Balaban J connectivity index is 1.55. The molecule has 4 rings (SSSR count). The highest BCUT2D eigenvalue weighted by molar-refractivity contribution is 5.89. The van der Waals surface area contributed by atoms with Gasteiger partial charge in [0.15, 0.2) is 0 Å². The zero-order valence-electron chi connectivity index (χ0n) is 21.8. The molecule has 0 spiro atoms. The molecule has 0 radical (unpaired) electrons. The van der Waals surface area contributed by atoms with Crippen LogP contribution in [-0.4, -0.2) is 42.6 Å². The number of hydrogen-bond donors (Lipinski definition) is 1. The highest BCUT2D eigenvalue weighted by atomic mass is 16.5. The van der Waals surface area contributed by atoms with Crippen LogP contribution in [0.2, 0.25) is 0 Å². The van der Waals surface area contributed by atoms with Gasteiger partial charge in [-0.15, -0.1) is 0 Å². The lowest BCUT2D eigenvalue weighted by molar-refractivity contribution is 0.0259. The van der Waals surface area contributed by atoms with E-state index < -0.39 is 12.1 Å². The monoisotopic (exact) mass is 501 g/mol. The lowest BCUT2D eigenvalue weighted by Crippen LogP contribution is -2.20. The number of nitrogens with zero attached hydrogens (tertiary/aromatic N) is 1. The van der Waals surface area contributed by atoms with Crippen molar-refractivity contribution >= 4 is 16.9 Å². The fraction of sp³-hybridized carbons (Fsp3) is 0.323. The van der Waals surface area contributed by atoms with Crippen molar-refractivity contribution in [2.24, 2.45) is 0 Å². The maximum Gasteiger partial charge on any atom is 0.338 e. The van der Waals surface area contributed by atoms with Crippen molar-refractivity contribution in [1.82, 2.24) is 4.57 Å². The first-order valence-corrected chi connectivity index (χ1v) is 12.7. The maximum absolute atomic E-state index is 12.3. The Morgan fingerprint density at radius 3 is 2.32 bits per heavy atom. The molecule has 6 nitrogen and oxygen atoms in total. The van der Waals surface area contributed by atoms with Crippen LogP contribution in [0.4, 0.5) is 0 Å². The molecule has 0 aliphatic heterocycles. The summed E-state index contributed by atoms with van der Waals surface area (Å²) in [5, 5.41) is 11.7. The topological polar surface area (TPSA) is 69.9 Å². The number of aliphatic hydroxyl groups is 1. The van der Waals surface area contributed by atoms with Gasteiger partial charge in [0.1, 0.15) is 18.1 Å². The Bertz CT molecular complexity index is 1300. The smallest absolute Gasteiger partial charge is 0.338 e. The molecular weight excluding hydrogens is 466 g/mol. The molecule has 0 aliphatic carbocycles. The minimum absolute atomic E-state index is 0.0753. The predicted molar refractivity (Wildman–Crippen MR) is 146 cm³/mol. The molecule has 0 aliphatic rings. The summed E-state index contributed by atoms with van der Waals surface area (Å²) in [6.07, 6.45) is 4.81. The van der Waals surface area contributed by atoms with E-state index in [4.69, 9.17) is 14.2 Å². The van der Waals surface area contributed by atoms with E-state index in [0.717, 1.165) is 52.8 Å². The van der Waals surface area contributed by atoms with E-state index in [1.165, 1.54) is 5.56 Å². The van der Waals surface area contributed by atoms with Gasteiger partial charge < -0.3 is 23.9 Å². The van der Waals surface area contributed by atoms with Crippen molar-refractivity contribution in [3.63, 3.8) is 0 Å². The molecule has 6 heteroatoms. The summed E-state index contributed by atoms with van der Waals surface area (Å²) in [5.41, 5.74) is 4.66. The van der Waals surface area contributed by atoms with Crippen LogP contribution in [0.1, 0.15) is 46.8 Å². The third kappa shape index (κ3) is 6.33. The molecule has 0 fully saturated rings. The molecule has 0 amide bonds. The van der Waals surface area contributed by atoms with E-state index >= 15 is 0 Å². The van der Waals surface area contributed by atoms with Crippen molar-refractivity contribution in [2.75, 3.05) is 20.8 Å². The van der Waals surface area contributed by atoms with Crippen LogP contribution in [0.25, 0.3) is 10.9 Å². The first kappa shape index (κ1) is 26.3. The van der Waals surface area contributed by atoms with Crippen LogP contribution in [-0.2, 0) is 24.1 Å². The zero-order valence-corrected chi connectivity index (χ0v) is 21.8. The second-order valence-electron chi connectivity index (χ2n) is 9.20. The quantitative estimate of drug-likeness (QED) is 0.248. The van der Waals surface area contributed by atoms with Gasteiger partial charge in [-0.05, 0) is 54.3 Å². The maximum atomic E-state index is 12.3. The fourth-order valence-corrected chi connectivity index (χ4v) is 4.65. The Kier molecular flexibility index (Phi) is 8.86. The number of aliphatic hydroxyl groups excluding tert-OH is 1. The van der Waals surface area contributed by atoms with Crippen LogP contribution in [0, 0.1) is 0 Å². The summed E-state index contributed by atoms with van der Waals surface area (Å²) in [6.45, 7) is 2.66. The molecule has 1 atom stereocenters. The van der Waals surface area contributed by atoms with Gasteiger partial charge in [0, 0.05) is 23.5 Å². The number of esters is 1. The van der Waals surface area contributed by atoms with Gasteiger partial charge in [-0.3, -0.25) is 0 Å². The summed E-state index contributed by atoms with van der Waals surface area (Å²) in [4.78, 5) is 12.3. The zero-order chi connectivity index (χ0) is 26.2. The Labute approximate surface area is 218 Å². The number of benzene rings is 3. The first-order chi connectivity index (χ1) is 18.0. The van der Waals surface area contributed by atoms with Gasteiger partial charge in [0.25, 0.3) is 0 Å². The number of hydrogen-bond acceptors (Lipinski definition) is 5. The van der Waals surface area contributed by atoms with Crippen LogP contribution in [0.3, 0.4) is 0 Å². The van der Waals surface area contributed by atoms with E-state index in [1.807, 2.05) is 24.3 Å². The number of para-hydroxylation sites is 1. The number of rotatable bonds is 12. The van der Waals surface area contributed by atoms with Gasteiger partial charge >= 0.3 is 5.97 Å². The number of aryl methyl sites for hydroxylation is 1. The molecule has 3 aromatic carbocycles. The summed E-state index contributed by atoms with van der Waals surface area (Å²) in [7, 11) is 3.38. The summed E-state index contributed by atoms with van der Waals surface area (Å²) >= 11 is 0. The van der Waals surface area contributed by atoms with Gasteiger partial charge in [-0.1, -0.05) is 49.7 Å². The molecule has 1 heterocycles. The molecule has 0 saturated heterocycles. The lowest BCUT2D eigenvalue weighted by Gasteiger charge is -2.17. The SMILES string of the molecule is CCCCc1cc(OC)c(Cn2cc(C[C@H](O)COC(=O)c3ccccc3)c3ccccc32)c(OC)c1. The number of carbonyl (C=O) groups is 1. The van der Waals surface area contributed by atoms with Gasteiger partial charge in [-0.2, -0.15) is 0 Å². The standard InChI is InChI=1S/C31H35NO5/c1-4-5-11-22-16-29(35-2)27(30(17-22)36-3)20-32-19-24(26-14-9-10-15-28(26)32)18-25(33)21-37-31(34)23-12-7-6-8-13-23/h6-10,12-17,19,25,33H,4-5,11,18,20-21H2,1-3H3/t25-/m0/s1. The highest BCUT2D eigenvalue weighted by Crippen LogP contribution is 2.34. The van der Waals surface area contributed by atoms with Crippen LogP contribution in [0.5, 0.6) is 11.5 Å². The molecule has 0 unspecified atom stereocenters. The van der Waals surface area contributed by atoms with Crippen LogP contribution >= 0.6 is 0 Å². The van der Waals surface area contributed by atoms with Gasteiger partial charge in [-0.25, -0.2) is 4.79 Å². The number of carbonyl (C=O) groups excluding carboxylic acids is 1. The molecule has 37 heavy (non-hydrogen) atoms. The molecule has 1 N–H and O–H groups in total. The van der Waals surface area contributed by atoms with E-state index in [9.17, 15) is 9.90 Å². The Hall–Kier alpha value is -3.77. The van der Waals surface area contributed by atoms with E-state index in [-0.39, 0.29) is 6.61 Å². The first-order valence-electron chi connectivity index (χ1n) is 12.7. The van der Waals surface area contributed by atoms with E-state index in [2.05, 4.69) is 35.9 Å². The fourth-order valence-electron chi connectivity index (χ4n) is 4.65. The third-order valence-electron chi connectivity index (χ3n) is 6.56. The molecule has 0 bridgehead atoms. The highest BCUT2D eigenvalue weighted by Gasteiger charge is 2.18. The van der Waals surface area contributed by atoms with Crippen molar-refractivity contribution in [1.29, 1.82) is 0 Å². The Morgan fingerprint density at radius 1 is 0.973 bits per heavy atom. The average molecular weight is 502 g/mol. The minimum Gasteiger partial charge on any atom is -0.496 e. The normalized spacial score (nSPS) is 11.9. The average Bonchev–Trinajstić information content (AvgIpc) is 3.28. The van der Waals surface area contributed by atoms with Crippen molar-refractivity contribution in [3.05, 3.63) is 95.2 Å². The van der Waals surface area contributed by atoms with Crippen molar-refractivity contribution < 1.29 is 24.1 Å². The van der Waals surface area contributed by atoms with Crippen LogP contribution < -0.4 is 9.47 Å². The van der Waals surface area contributed by atoms with Crippen molar-refractivity contribution in [2.45, 2.75) is 45.3 Å². The van der Waals surface area contributed by atoms with E-state index in [1.54, 1.807) is 38.5 Å². The van der Waals surface area contributed by atoms with Crippen molar-refractivity contribution in [3.8, 4) is 11.5 Å². The number of methoxy groups -OCH3 is 2. The predicted octanol–water partition coefficient (Wildman–Crippen LogP) is 5.81. The molecule has 4 aromatic rings. The molecule has 0 saturated carbocycles. The number of fused-ring (bicyclic) bond motifs is 1. The third-order valence-corrected chi connectivity index (χ3v) is 6.56. The minimum atomic E-state index is -0.825. The molecular formula is C31H35NO5. The summed E-state index contributed by atoms with van der Waals surface area (Å²) < 4.78 is 19.0. The molecule has 1 aromatic heterocycles.